The van der Waals surface area contributed by atoms with E-state index in [1.165, 1.54) is 0 Å². The first kappa shape index (κ1) is 11.4. The van der Waals surface area contributed by atoms with Gasteiger partial charge in [-0.05, 0) is 25.1 Å². The van der Waals surface area contributed by atoms with Crippen LogP contribution in [-0.4, -0.2) is 10.2 Å². The van der Waals surface area contributed by atoms with Gasteiger partial charge in [0.2, 0.25) is 0 Å². The second kappa shape index (κ2) is 4.43. The van der Waals surface area contributed by atoms with Crippen LogP contribution in [0.3, 0.4) is 0 Å². The first-order chi connectivity index (χ1) is 7.58. The zero-order chi connectivity index (χ0) is 11.7. The Kier molecular flexibility index (Phi) is 3.16. The Balaban J connectivity index is 2.46. The molecule has 0 aliphatic rings. The fourth-order valence-electron chi connectivity index (χ4n) is 1.17. The number of rotatable bonds is 2. The SMILES string of the molecule is CC(Cl)c1nnc(-c2cc(F)ccc2F)s1. The van der Waals surface area contributed by atoms with Gasteiger partial charge in [0, 0.05) is 0 Å². The minimum absolute atomic E-state index is 0.112. The molecule has 1 aromatic carbocycles. The van der Waals surface area contributed by atoms with Crippen molar-refractivity contribution >= 4 is 22.9 Å². The molecule has 0 fully saturated rings. The fourth-order valence-corrected chi connectivity index (χ4v) is 2.13. The molecule has 1 unspecified atom stereocenters. The van der Waals surface area contributed by atoms with Crippen LogP contribution in [0.25, 0.3) is 10.6 Å². The van der Waals surface area contributed by atoms with E-state index in [0.29, 0.717) is 10.0 Å². The van der Waals surface area contributed by atoms with E-state index in [-0.39, 0.29) is 10.9 Å². The molecule has 0 aliphatic carbocycles. The van der Waals surface area contributed by atoms with Crippen molar-refractivity contribution in [2.75, 3.05) is 0 Å². The standard InChI is InChI=1S/C10H7ClF2N2S/c1-5(11)9-14-15-10(16-9)7-4-6(12)2-3-8(7)13/h2-5H,1H3. The summed E-state index contributed by atoms with van der Waals surface area (Å²) < 4.78 is 26.4. The summed E-state index contributed by atoms with van der Waals surface area (Å²) in [4.78, 5) is 0. The number of hydrogen-bond donors (Lipinski definition) is 0. The Morgan fingerprint density at radius 2 is 2.06 bits per heavy atom. The van der Waals surface area contributed by atoms with Crippen LogP contribution in [-0.2, 0) is 0 Å². The lowest BCUT2D eigenvalue weighted by Crippen LogP contribution is -1.85. The van der Waals surface area contributed by atoms with Gasteiger partial charge in [0.05, 0.1) is 10.9 Å². The van der Waals surface area contributed by atoms with Gasteiger partial charge in [0.1, 0.15) is 16.6 Å². The number of hydrogen-bond acceptors (Lipinski definition) is 3. The third kappa shape index (κ3) is 2.20. The molecule has 0 bridgehead atoms. The average Bonchev–Trinajstić information content (AvgIpc) is 2.70. The van der Waals surface area contributed by atoms with E-state index >= 15 is 0 Å². The van der Waals surface area contributed by atoms with Gasteiger partial charge in [-0.15, -0.1) is 21.8 Å². The summed E-state index contributed by atoms with van der Waals surface area (Å²) >= 11 is 6.97. The van der Waals surface area contributed by atoms with Crippen molar-refractivity contribution in [2.24, 2.45) is 0 Å². The Morgan fingerprint density at radius 1 is 1.31 bits per heavy atom. The number of benzene rings is 1. The predicted octanol–water partition coefficient (Wildman–Crippen LogP) is 3.78. The summed E-state index contributed by atoms with van der Waals surface area (Å²) in [5.41, 5.74) is 0.112. The van der Waals surface area contributed by atoms with Crippen molar-refractivity contribution in [1.29, 1.82) is 0 Å². The number of nitrogens with zero attached hydrogens (tertiary/aromatic N) is 2. The highest BCUT2D eigenvalue weighted by Crippen LogP contribution is 2.30. The molecule has 1 aromatic heterocycles. The first-order valence-electron chi connectivity index (χ1n) is 4.51. The van der Waals surface area contributed by atoms with Gasteiger partial charge in [-0.25, -0.2) is 8.78 Å². The Morgan fingerprint density at radius 3 is 2.69 bits per heavy atom. The molecular formula is C10H7ClF2N2S. The summed E-state index contributed by atoms with van der Waals surface area (Å²) in [5, 5.41) is 8.22. The fraction of sp³-hybridized carbons (Fsp3) is 0.200. The quantitative estimate of drug-likeness (QED) is 0.768. The lowest BCUT2D eigenvalue weighted by molar-refractivity contribution is 0.603. The molecule has 16 heavy (non-hydrogen) atoms. The van der Waals surface area contributed by atoms with Crippen LogP contribution >= 0.6 is 22.9 Å². The Hall–Kier alpha value is -1.07. The van der Waals surface area contributed by atoms with Gasteiger partial charge in [0.15, 0.2) is 5.01 Å². The van der Waals surface area contributed by atoms with Crippen molar-refractivity contribution in [1.82, 2.24) is 10.2 Å². The van der Waals surface area contributed by atoms with Gasteiger partial charge in [-0.3, -0.25) is 0 Å². The van der Waals surface area contributed by atoms with Gasteiger partial charge in [-0.2, -0.15) is 0 Å². The number of halogens is 3. The minimum Gasteiger partial charge on any atom is -0.207 e. The van der Waals surface area contributed by atoms with E-state index in [9.17, 15) is 8.78 Å². The summed E-state index contributed by atoms with van der Waals surface area (Å²) in [6.07, 6.45) is 0. The third-order valence-corrected chi connectivity index (χ3v) is 3.42. The average molecular weight is 261 g/mol. The highest BCUT2D eigenvalue weighted by Gasteiger charge is 2.14. The number of alkyl halides is 1. The predicted molar refractivity (Wildman–Crippen MR) is 59.5 cm³/mol. The van der Waals surface area contributed by atoms with Gasteiger partial charge in [0.25, 0.3) is 0 Å². The summed E-state index contributed by atoms with van der Waals surface area (Å²) in [6.45, 7) is 1.74. The van der Waals surface area contributed by atoms with Crippen LogP contribution in [0.15, 0.2) is 18.2 Å². The van der Waals surface area contributed by atoms with E-state index in [4.69, 9.17) is 11.6 Å². The van der Waals surface area contributed by atoms with Crippen LogP contribution in [0.1, 0.15) is 17.3 Å². The van der Waals surface area contributed by atoms with E-state index in [0.717, 1.165) is 29.5 Å². The highest BCUT2D eigenvalue weighted by atomic mass is 35.5. The van der Waals surface area contributed by atoms with Crippen LogP contribution in [0.2, 0.25) is 0 Å². The molecule has 6 heteroatoms. The maximum atomic E-state index is 13.4. The van der Waals surface area contributed by atoms with Crippen molar-refractivity contribution in [3.8, 4) is 10.6 Å². The molecule has 0 saturated carbocycles. The molecule has 0 amide bonds. The van der Waals surface area contributed by atoms with Crippen molar-refractivity contribution in [3.05, 3.63) is 34.8 Å². The Labute approximate surface area is 99.9 Å². The van der Waals surface area contributed by atoms with Crippen LogP contribution in [0, 0.1) is 11.6 Å². The van der Waals surface area contributed by atoms with E-state index in [1.54, 1.807) is 6.92 Å². The number of aromatic nitrogens is 2. The third-order valence-electron chi connectivity index (χ3n) is 1.94. The van der Waals surface area contributed by atoms with Crippen LogP contribution in [0.5, 0.6) is 0 Å². The van der Waals surface area contributed by atoms with Crippen molar-refractivity contribution in [2.45, 2.75) is 12.3 Å². The van der Waals surface area contributed by atoms with E-state index in [2.05, 4.69) is 10.2 Å². The van der Waals surface area contributed by atoms with Crippen molar-refractivity contribution < 1.29 is 8.78 Å². The first-order valence-corrected chi connectivity index (χ1v) is 5.76. The summed E-state index contributed by atoms with van der Waals surface area (Å²) in [6, 6.07) is 3.22. The molecule has 0 aliphatic heterocycles. The Bertz CT molecular complexity index is 513. The normalized spacial score (nSPS) is 12.8. The molecule has 2 aromatic rings. The van der Waals surface area contributed by atoms with Gasteiger partial charge in [-0.1, -0.05) is 11.3 Å². The molecule has 0 spiro atoms. The molecule has 0 saturated heterocycles. The lowest BCUT2D eigenvalue weighted by Gasteiger charge is -1.97. The molecule has 0 radical (unpaired) electrons. The van der Waals surface area contributed by atoms with E-state index < -0.39 is 11.6 Å². The highest BCUT2D eigenvalue weighted by molar-refractivity contribution is 7.15. The second-order valence-corrected chi connectivity index (χ2v) is 4.85. The molecule has 0 N–H and O–H groups in total. The minimum atomic E-state index is -0.522. The second-order valence-electron chi connectivity index (χ2n) is 3.19. The molecule has 84 valence electrons. The molecule has 2 nitrogen and oxygen atoms in total. The monoisotopic (exact) mass is 260 g/mol. The van der Waals surface area contributed by atoms with Gasteiger partial charge < -0.3 is 0 Å². The van der Waals surface area contributed by atoms with Crippen LogP contribution in [0.4, 0.5) is 8.78 Å². The maximum absolute atomic E-state index is 13.4. The summed E-state index contributed by atoms with van der Waals surface area (Å²) in [7, 11) is 0. The van der Waals surface area contributed by atoms with E-state index in [1.807, 2.05) is 0 Å². The molecule has 1 heterocycles. The maximum Gasteiger partial charge on any atom is 0.150 e. The van der Waals surface area contributed by atoms with Crippen LogP contribution < -0.4 is 0 Å². The topological polar surface area (TPSA) is 25.8 Å². The molecule has 2 rings (SSSR count). The zero-order valence-corrected chi connectivity index (χ0v) is 9.82. The molecular weight excluding hydrogens is 254 g/mol. The molecule has 1 atom stereocenters. The largest absolute Gasteiger partial charge is 0.207 e. The smallest absolute Gasteiger partial charge is 0.150 e. The van der Waals surface area contributed by atoms with Gasteiger partial charge >= 0.3 is 0 Å². The lowest BCUT2D eigenvalue weighted by atomic mass is 10.2. The zero-order valence-electron chi connectivity index (χ0n) is 8.25. The van der Waals surface area contributed by atoms with Crippen molar-refractivity contribution in [3.63, 3.8) is 0 Å². The summed E-state index contributed by atoms with van der Waals surface area (Å²) in [5.74, 6) is -1.03.